The van der Waals surface area contributed by atoms with Gasteiger partial charge in [0.25, 0.3) is 0 Å². The highest BCUT2D eigenvalue weighted by molar-refractivity contribution is 6.28. The molecule has 0 aromatic carbocycles. The lowest BCUT2D eigenvalue weighted by atomic mass is 10.1. The van der Waals surface area contributed by atoms with Gasteiger partial charge in [-0.2, -0.15) is 9.97 Å². The van der Waals surface area contributed by atoms with Crippen LogP contribution in [0.4, 0.5) is 5.82 Å². The molecule has 4 atom stereocenters. The zero-order chi connectivity index (χ0) is 22.1. The Bertz CT molecular complexity index is 1030. The van der Waals surface area contributed by atoms with Gasteiger partial charge in [-0.25, -0.2) is 14.9 Å². The number of tetrazole rings is 1. The topological polar surface area (TPSA) is 220 Å². The fourth-order valence-electron chi connectivity index (χ4n) is 2.61. The van der Waals surface area contributed by atoms with Crippen molar-refractivity contribution >= 4 is 34.6 Å². The zero-order valence-corrected chi connectivity index (χ0v) is 16.4. The first-order valence-corrected chi connectivity index (χ1v) is 8.72. The largest absolute Gasteiger partial charge is 0.479 e. The average Bonchev–Trinajstić information content (AvgIpc) is 3.37. The van der Waals surface area contributed by atoms with Crippen LogP contribution in [0.1, 0.15) is 19.0 Å². The summed E-state index contributed by atoms with van der Waals surface area (Å²) < 4.78 is 11.7. The molecule has 0 amide bonds. The van der Waals surface area contributed by atoms with E-state index in [0.29, 0.717) is 0 Å². The molecular formula is C14H18ClN9O6. The van der Waals surface area contributed by atoms with Crippen LogP contribution >= 0.6 is 11.6 Å². The third-order valence-electron chi connectivity index (χ3n) is 4.44. The summed E-state index contributed by atoms with van der Waals surface area (Å²) in [5.41, 5.74) is 4.03. The number of hydrogen-bond donors (Lipinski definition) is 5. The number of nitrogen functional groups attached to an aromatic ring is 1. The van der Waals surface area contributed by atoms with Gasteiger partial charge in [0.15, 0.2) is 23.5 Å². The Balaban J connectivity index is 1.81. The summed E-state index contributed by atoms with van der Waals surface area (Å²) in [5, 5.41) is 43.1. The van der Waals surface area contributed by atoms with Crippen LogP contribution in [-0.2, 0) is 19.9 Å². The molecule has 3 aromatic rings. The second kappa shape index (κ2) is 8.41. The van der Waals surface area contributed by atoms with Gasteiger partial charge in [-0.05, 0) is 29.0 Å². The van der Waals surface area contributed by atoms with Crippen molar-refractivity contribution in [2.75, 3.05) is 19.5 Å². The summed E-state index contributed by atoms with van der Waals surface area (Å²) in [4.78, 5) is 23.4. The predicted octanol–water partition coefficient (Wildman–Crippen LogP) is -1.54. The van der Waals surface area contributed by atoms with Crippen LogP contribution in [0.3, 0.4) is 0 Å². The molecule has 16 heteroatoms. The number of aliphatic hydroxyl groups excluding tert-OH is 2. The number of nitrogens with two attached hydrogens (primary N) is 1. The lowest BCUT2D eigenvalue weighted by molar-refractivity contribution is -0.181. The average molecular weight is 444 g/mol. The minimum absolute atomic E-state index is 0.00467. The number of methoxy groups -OCH3 is 1. The van der Waals surface area contributed by atoms with Crippen LogP contribution in [0.5, 0.6) is 0 Å². The highest BCUT2D eigenvalue weighted by Gasteiger charge is 2.42. The Labute approximate surface area is 172 Å². The second-order valence-corrected chi connectivity index (χ2v) is 6.62. The van der Waals surface area contributed by atoms with E-state index in [1.54, 1.807) is 0 Å². The fraction of sp³-hybridized carbons (Fsp3) is 0.500. The predicted molar refractivity (Wildman–Crippen MR) is 97.9 cm³/mol. The van der Waals surface area contributed by atoms with E-state index in [1.165, 1.54) is 20.4 Å². The Morgan fingerprint density at radius 3 is 2.77 bits per heavy atom. The highest BCUT2D eigenvalue weighted by atomic mass is 35.5. The van der Waals surface area contributed by atoms with Gasteiger partial charge < -0.3 is 30.5 Å². The van der Waals surface area contributed by atoms with Crippen molar-refractivity contribution in [1.29, 1.82) is 0 Å². The molecule has 3 aromatic heterocycles. The summed E-state index contributed by atoms with van der Waals surface area (Å²) in [7, 11) is 1.25. The molecule has 0 aliphatic carbocycles. The van der Waals surface area contributed by atoms with Gasteiger partial charge in [0, 0.05) is 7.11 Å². The number of carbonyl (C=O) groups is 1. The number of carboxylic acid groups (broad SMARTS) is 1. The normalized spacial score (nSPS) is 16.8. The Kier molecular flexibility index (Phi) is 6.09. The molecule has 3 rings (SSSR count). The minimum atomic E-state index is -1.96. The zero-order valence-electron chi connectivity index (χ0n) is 15.7. The van der Waals surface area contributed by atoms with Crippen LogP contribution < -0.4 is 5.73 Å². The van der Waals surface area contributed by atoms with E-state index in [-0.39, 0.29) is 28.1 Å². The van der Waals surface area contributed by atoms with E-state index in [2.05, 4.69) is 35.6 Å². The minimum Gasteiger partial charge on any atom is -0.479 e. The maximum atomic E-state index is 11.7. The molecule has 0 spiro atoms. The van der Waals surface area contributed by atoms with Crippen molar-refractivity contribution in [3.05, 3.63) is 17.4 Å². The van der Waals surface area contributed by atoms with Gasteiger partial charge in [0.1, 0.15) is 17.7 Å². The van der Waals surface area contributed by atoms with E-state index in [9.17, 15) is 20.1 Å². The fourth-order valence-corrected chi connectivity index (χ4v) is 2.78. The molecule has 6 N–H and O–H groups in total. The van der Waals surface area contributed by atoms with Crippen LogP contribution in [0.15, 0.2) is 6.33 Å². The maximum absolute atomic E-state index is 11.7. The molecule has 0 aliphatic rings. The first-order chi connectivity index (χ1) is 14.2. The van der Waals surface area contributed by atoms with Crippen LogP contribution in [0, 0.1) is 0 Å². The number of fused-ring (bicyclic) bond motifs is 1. The smallest absolute Gasteiger partial charge is 0.343 e. The van der Waals surface area contributed by atoms with Gasteiger partial charge in [-0.1, -0.05) is 0 Å². The number of hydrogen-bond acceptors (Lipinski definition) is 12. The molecule has 162 valence electrons. The standard InChI is InChI=1S/C14H18ClN9O6/c1-14(12(27)28,11-20-22-23-21-11)30-3-5(29-2)7(25)10(26)24-4-17-6-8(16)18-13(15)19-9(6)24/h4-5,7,10,25-26H,3H2,1-2H3,(H,27,28)(H2,16,18,19)(H,20,21,22,23)/t5-,7-,10-,14?/m1/s1. The van der Waals surface area contributed by atoms with Crippen molar-refractivity contribution in [1.82, 2.24) is 40.1 Å². The first-order valence-electron chi connectivity index (χ1n) is 8.35. The summed E-state index contributed by atoms with van der Waals surface area (Å²) in [6.07, 6.45) is -3.18. The number of rotatable bonds is 9. The number of aliphatic hydroxyl groups is 2. The van der Waals surface area contributed by atoms with E-state index < -0.39 is 36.6 Å². The van der Waals surface area contributed by atoms with Crippen molar-refractivity contribution in [3.8, 4) is 0 Å². The molecule has 30 heavy (non-hydrogen) atoms. The number of imidazole rings is 1. The monoisotopic (exact) mass is 443 g/mol. The summed E-state index contributed by atoms with van der Waals surface area (Å²) in [5.74, 6) is -1.55. The highest BCUT2D eigenvalue weighted by Crippen LogP contribution is 2.26. The number of anilines is 1. The van der Waals surface area contributed by atoms with E-state index in [1.807, 2.05) is 0 Å². The molecule has 15 nitrogen and oxygen atoms in total. The van der Waals surface area contributed by atoms with Crippen molar-refractivity contribution in [2.24, 2.45) is 0 Å². The molecule has 0 saturated heterocycles. The summed E-state index contributed by atoms with van der Waals surface area (Å²) in [6.45, 7) is 0.779. The van der Waals surface area contributed by atoms with E-state index >= 15 is 0 Å². The molecule has 0 bridgehead atoms. The number of aromatic amines is 1. The molecule has 0 radical (unpaired) electrons. The van der Waals surface area contributed by atoms with Crippen LogP contribution in [0.25, 0.3) is 11.2 Å². The Morgan fingerprint density at radius 2 is 2.17 bits per heavy atom. The molecule has 0 aliphatic heterocycles. The molecule has 1 unspecified atom stereocenters. The molecule has 0 fully saturated rings. The van der Waals surface area contributed by atoms with Crippen molar-refractivity contribution in [3.63, 3.8) is 0 Å². The van der Waals surface area contributed by atoms with Crippen molar-refractivity contribution in [2.45, 2.75) is 31.0 Å². The van der Waals surface area contributed by atoms with Crippen molar-refractivity contribution < 1.29 is 29.6 Å². The summed E-state index contributed by atoms with van der Waals surface area (Å²) in [6, 6.07) is 0. The number of halogens is 1. The van der Waals surface area contributed by atoms with Crippen LogP contribution in [0.2, 0.25) is 5.28 Å². The SMILES string of the molecule is CO[C@H](COC(C)(C(=O)O)c1nnn[nH]1)[C@@H](O)[C@@H](O)n1cnc2c(N)nc(Cl)nc21. The third kappa shape index (κ3) is 3.88. The van der Waals surface area contributed by atoms with Gasteiger partial charge >= 0.3 is 5.97 Å². The molecule has 3 heterocycles. The van der Waals surface area contributed by atoms with E-state index in [4.69, 9.17) is 26.8 Å². The number of ether oxygens (including phenoxy) is 2. The molecular weight excluding hydrogens is 426 g/mol. The number of aromatic nitrogens is 8. The lowest BCUT2D eigenvalue weighted by Crippen LogP contribution is -2.44. The Morgan fingerprint density at radius 1 is 1.43 bits per heavy atom. The summed E-state index contributed by atoms with van der Waals surface area (Å²) >= 11 is 5.80. The molecule has 0 saturated carbocycles. The van der Waals surface area contributed by atoms with Gasteiger partial charge in [-0.3, -0.25) is 4.57 Å². The lowest BCUT2D eigenvalue weighted by Gasteiger charge is -2.29. The number of nitrogens with one attached hydrogen (secondary N) is 1. The van der Waals surface area contributed by atoms with Gasteiger partial charge in [0.2, 0.25) is 10.9 Å². The number of aliphatic carboxylic acids is 1. The number of carboxylic acids is 1. The third-order valence-corrected chi connectivity index (χ3v) is 4.61. The Hall–Kier alpha value is -2.98. The maximum Gasteiger partial charge on any atom is 0.343 e. The van der Waals surface area contributed by atoms with Crippen LogP contribution in [-0.4, -0.2) is 87.4 Å². The quantitative estimate of drug-likeness (QED) is 0.237. The second-order valence-electron chi connectivity index (χ2n) is 6.28. The number of nitrogens with zero attached hydrogens (tertiary/aromatic N) is 7. The van der Waals surface area contributed by atoms with Gasteiger partial charge in [0.05, 0.1) is 12.9 Å². The van der Waals surface area contributed by atoms with Gasteiger partial charge in [-0.15, -0.1) is 5.10 Å². The first kappa shape index (κ1) is 21.7. The van der Waals surface area contributed by atoms with E-state index in [0.717, 1.165) is 4.57 Å². The number of H-pyrrole nitrogens is 1.